The summed E-state index contributed by atoms with van der Waals surface area (Å²) in [4.78, 5) is 14.5. The van der Waals surface area contributed by atoms with Crippen LogP contribution in [0.5, 0.6) is 0 Å². The normalized spacial score (nSPS) is 12.8. The van der Waals surface area contributed by atoms with Crippen molar-refractivity contribution < 1.29 is 4.79 Å². The van der Waals surface area contributed by atoms with Crippen molar-refractivity contribution in [3.63, 3.8) is 0 Å². The van der Waals surface area contributed by atoms with Crippen LogP contribution in [0, 0.1) is 5.92 Å². The summed E-state index contributed by atoms with van der Waals surface area (Å²) in [6, 6.07) is 0. The Labute approximate surface area is 72.4 Å². The monoisotopic (exact) mass is 166 g/mol. The van der Waals surface area contributed by atoms with E-state index >= 15 is 0 Å². The minimum absolute atomic E-state index is 0.140. The maximum Gasteiger partial charge on any atom is 0.122 e. The number of carbonyl (C=O) groups is 1. The van der Waals surface area contributed by atoms with Crippen molar-refractivity contribution in [3.05, 3.63) is 18.2 Å². The molecule has 0 bridgehead atoms. The molecule has 0 aliphatic heterocycles. The van der Waals surface area contributed by atoms with Crippen molar-refractivity contribution in [2.24, 2.45) is 13.0 Å². The summed E-state index contributed by atoms with van der Waals surface area (Å²) in [5.74, 6) is 1.19. The zero-order chi connectivity index (χ0) is 8.97. The van der Waals surface area contributed by atoms with Gasteiger partial charge in [0.25, 0.3) is 0 Å². The molecule has 1 atom stereocenters. The Morgan fingerprint density at radius 3 is 3.00 bits per heavy atom. The molecule has 0 fully saturated rings. The van der Waals surface area contributed by atoms with Crippen LogP contribution in [0.3, 0.4) is 0 Å². The standard InChI is InChI=1S/C9H14N2O/c1-8(7-12)3-4-9-10-5-6-11(9)2/h5-8H,3-4H2,1-2H3. The third-order valence-corrected chi connectivity index (χ3v) is 1.98. The number of rotatable bonds is 4. The lowest BCUT2D eigenvalue weighted by molar-refractivity contribution is -0.110. The lowest BCUT2D eigenvalue weighted by Gasteiger charge is -2.02. The summed E-state index contributed by atoms with van der Waals surface area (Å²) in [5.41, 5.74) is 0. The number of hydrogen-bond donors (Lipinski definition) is 0. The number of aryl methyl sites for hydroxylation is 2. The van der Waals surface area contributed by atoms with E-state index in [2.05, 4.69) is 4.98 Å². The molecular weight excluding hydrogens is 152 g/mol. The van der Waals surface area contributed by atoms with E-state index < -0.39 is 0 Å². The first-order valence-corrected chi connectivity index (χ1v) is 4.15. The topological polar surface area (TPSA) is 34.9 Å². The van der Waals surface area contributed by atoms with Crippen molar-refractivity contribution in [1.29, 1.82) is 0 Å². The molecule has 0 saturated carbocycles. The summed E-state index contributed by atoms with van der Waals surface area (Å²) < 4.78 is 1.98. The summed E-state index contributed by atoms with van der Waals surface area (Å²) in [6.45, 7) is 1.93. The lowest BCUT2D eigenvalue weighted by atomic mass is 10.1. The van der Waals surface area contributed by atoms with Crippen LogP contribution in [-0.2, 0) is 18.3 Å². The van der Waals surface area contributed by atoms with Crippen LogP contribution in [0.15, 0.2) is 12.4 Å². The van der Waals surface area contributed by atoms with Crippen LogP contribution in [0.4, 0.5) is 0 Å². The maximum absolute atomic E-state index is 10.3. The molecule has 1 rings (SSSR count). The van der Waals surface area contributed by atoms with E-state index in [0.717, 1.165) is 25.0 Å². The fourth-order valence-corrected chi connectivity index (χ4v) is 1.06. The van der Waals surface area contributed by atoms with Crippen molar-refractivity contribution >= 4 is 6.29 Å². The molecule has 1 unspecified atom stereocenters. The highest BCUT2D eigenvalue weighted by Gasteiger charge is 2.03. The molecule has 0 aromatic carbocycles. The molecule has 1 aromatic rings. The fraction of sp³-hybridized carbons (Fsp3) is 0.556. The molecule has 1 aromatic heterocycles. The Morgan fingerprint density at radius 1 is 1.75 bits per heavy atom. The Hall–Kier alpha value is -1.12. The van der Waals surface area contributed by atoms with Gasteiger partial charge in [-0.1, -0.05) is 6.92 Å². The van der Waals surface area contributed by atoms with Gasteiger partial charge in [-0.15, -0.1) is 0 Å². The zero-order valence-electron chi connectivity index (χ0n) is 7.53. The molecule has 3 heteroatoms. The van der Waals surface area contributed by atoms with E-state index in [0.29, 0.717) is 0 Å². The van der Waals surface area contributed by atoms with Gasteiger partial charge < -0.3 is 9.36 Å². The van der Waals surface area contributed by atoms with E-state index in [1.54, 1.807) is 6.20 Å². The maximum atomic E-state index is 10.3. The Morgan fingerprint density at radius 2 is 2.50 bits per heavy atom. The zero-order valence-corrected chi connectivity index (χ0v) is 7.53. The van der Waals surface area contributed by atoms with Gasteiger partial charge in [-0.3, -0.25) is 0 Å². The van der Waals surface area contributed by atoms with Gasteiger partial charge in [0, 0.05) is 31.8 Å². The quantitative estimate of drug-likeness (QED) is 0.630. The molecule has 0 aliphatic rings. The van der Waals surface area contributed by atoms with Gasteiger partial charge in [0.05, 0.1) is 0 Å². The molecule has 0 N–H and O–H groups in total. The highest BCUT2D eigenvalue weighted by molar-refractivity contribution is 5.52. The number of imidazole rings is 1. The molecule has 0 spiro atoms. The predicted molar refractivity (Wildman–Crippen MR) is 46.8 cm³/mol. The van der Waals surface area contributed by atoms with Gasteiger partial charge in [0.2, 0.25) is 0 Å². The van der Waals surface area contributed by atoms with Gasteiger partial charge in [0.15, 0.2) is 0 Å². The van der Waals surface area contributed by atoms with Crippen molar-refractivity contribution in [3.8, 4) is 0 Å². The van der Waals surface area contributed by atoms with E-state index in [9.17, 15) is 4.79 Å². The van der Waals surface area contributed by atoms with Gasteiger partial charge in [-0.25, -0.2) is 4.98 Å². The molecule has 12 heavy (non-hydrogen) atoms. The largest absolute Gasteiger partial charge is 0.338 e. The number of aldehydes is 1. The van der Waals surface area contributed by atoms with Crippen molar-refractivity contribution in [2.45, 2.75) is 19.8 Å². The highest BCUT2D eigenvalue weighted by atomic mass is 16.1. The number of hydrogen-bond acceptors (Lipinski definition) is 2. The van der Waals surface area contributed by atoms with Crippen molar-refractivity contribution in [2.75, 3.05) is 0 Å². The number of aromatic nitrogens is 2. The van der Waals surface area contributed by atoms with Gasteiger partial charge in [-0.05, 0) is 6.42 Å². The van der Waals surface area contributed by atoms with E-state index in [1.807, 2.05) is 24.7 Å². The summed E-state index contributed by atoms with van der Waals surface area (Å²) in [6.07, 6.45) is 6.45. The van der Waals surface area contributed by atoms with Gasteiger partial charge in [-0.2, -0.15) is 0 Å². The van der Waals surface area contributed by atoms with Gasteiger partial charge in [0.1, 0.15) is 12.1 Å². The molecule has 0 radical (unpaired) electrons. The molecule has 66 valence electrons. The SMILES string of the molecule is CC(C=O)CCc1nccn1C. The Bertz CT molecular complexity index is 255. The smallest absolute Gasteiger partial charge is 0.122 e. The molecule has 0 aliphatic carbocycles. The molecular formula is C9H14N2O. The highest BCUT2D eigenvalue weighted by Crippen LogP contribution is 2.04. The average Bonchev–Trinajstić information content (AvgIpc) is 2.47. The van der Waals surface area contributed by atoms with Gasteiger partial charge >= 0.3 is 0 Å². The second-order valence-corrected chi connectivity index (χ2v) is 3.11. The number of nitrogens with zero attached hydrogens (tertiary/aromatic N) is 2. The first kappa shape index (κ1) is 8.97. The fourth-order valence-electron chi connectivity index (χ4n) is 1.06. The average molecular weight is 166 g/mol. The third-order valence-electron chi connectivity index (χ3n) is 1.98. The minimum atomic E-state index is 0.140. The molecule has 1 heterocycles. The predicted octanol–water partition coefficient (Wildman–Crippen LogP) is 1.19. The van der Waals surface area contributed by atoms with Crippen LogP contribution < -0.4 is 0 Å². The van der Waals surface area contributed by atoms with E-state index in [-0.39, 0.29) is 5.92 Å². The van der Waals surface area contributed by atoms with Crippen LogP contribution in [0.1, 0.15) is 19.2 Å². The first-order valence-electron chi connectivity index (χ1n) is 4.15. The van der Waals surface area contributed by atoms with E-state index in [4.69, 9.17) is 0 Å². The van der Waals surface area contributed by atoms with Crippen LogP contribution >= 0.6 is 0 Å². The second kappa shape index (κ2) is 4.04. The van der Waals surface area contributed by atoms with Crippen LogP contribution in [-0.4, -0.2) is 15.8 Å². The van der Waals surface area contributed by atoms with Crippen LogP contribution in [0.2, 0.25) is 0 Å². The number of carbonyl (C=O) groups excluding carboxylic acids is 1. The van der Waals surface area contributed by atoms with Crippen LogP contribution in [0.25, 0.3) is 0 Å². The van der Waals surface area contributed by atoms with Crippen molar-refractivity contribution in [1.82, 2.24) is 9.55 Å². The lowest BCUT2D eigenvalue weighted by Crippen LogP contribution is -2.02. The summed E-state index contributed by atoms with van der Waals surface area (Å²) in [7, 11) is 1.97. The molecule has 0 saturated heterocycles. The van der Waals surface area contributed by atoms with E-state index in [1.165, 1.54) is 0 Å². The minimum Gasteiger partial charge on any atom is -0.338 e. The molecule has 0 amide bonds. The Balaban J connectivity index is 2.43. The Kier molecular flexibility index (Phi) is 3.02. The second-order valence-electron chi connectivity index (χ2n) is 3.11. The third kappa shape index (κ3) is 2.19. The molecule has 3 nitrogen and oxygen atoms in total. The summed E-state index contributed by atoms with van der Waals surface area (Å²) >= 11 is 0. The summed E-state index contributed by atoms with van der Waals surface area (Å²) in [5, 5.41) is 0. The first-order chi connectivity index (χ1) is 5.74.